The average molecular weight is 280 g/mol. The first kappa shape index (κ1) is 14.1. The first-order chi connectivity index (χ1) is 9.05. The second-order valence-corrected chi connectivity index (χ2v) is 6.76. The van der Waals surface area contributed by atoms with Crippen LogP contribution in [0.25, 0.3) is 6.08 Å². The first-order valence-electron chi connectivity index (χ1n) is 6.56. The Morgan fingerprint density at radius 2 is 2.16 bits per heavy atom. The van der Waals surface area contributed by atoms with Gasteiger partial charge in [-0.05, 0) is 30.2 Å². The summed E-state index contributed by atoms with van der Waals surface area (Å²) >= 11 is 0. The van der Waals surface area contributed by atoms with Crippen molar-refractivity contribution in [3.63, 3.8) is 0 Å². The van der Waals surface area contributed by atoms with E-state index >= 15 is 0 Å². The van der Waals surface area contributed by atoms with Crippen LogP contribution in [-0.2, 0) is 10.0 Å². The highest BCUT2D eigenvalue weighted by molar-refractivity contribution is 7.89. The number of hydrogen-bond donors (Lipinski definition) is 1. The number of sulfonamides is 1. The molecule has 1 N–H and O–H groups in total. The van der Waals surface area contributed by atoms with E-state index in [2.05, 4.69) is 12.2 Å². The number of unbranched alkanes of at least 4 members (excludes halogenated alkanes) is 1. The number of benzene rings is 1. The summed E-state index contributed by atoms with van der Waals surface area (Å²) < 4.78 is 26.2. The van der Waals surface area contributed by atoms with Crippen molar-refractivity contribution < 1.29 is 8.42 Å². The minimum atomic E-state index is -3.37. The molecule has 0 radical (unpaired) electrons. The number of nitrogens with one attached hydrogen (secondary N) is 1. The van der Waals surface area contributed by atoms with Crippen LogP contribution in [0.15, 0.2) is 29.2 Å². The summed E-state index contributed by atoms with van der Waals surface area (Å²) in [5.41, 5.74) is 1.91. The summed E-state index contributed by atoms with van der Waals surface area (Å²) in [5, 5.41) is 3.21. The van der Waals surface area contributed by atoms with Gasteiger partial charge in [-0.2, -0.15) is 0 Å². The second kappa shape index (κ2) is 5.75. The van der Waals surface area contributed by atoms with Crippen molar-refractivity contribution in [1.82, 2.24) is 4.31 Å². The maximum Gasteiger partial charge on any atom is 0.242 e. The molecule has 19 heavy (non-hydrogen) atoms. The quantitative estimate of drug-likeness (QED) is 0.901. The van der Waals surface area contributed by atoms with E-state index in [1.807, 2.05) is 18.2 Å². The summed E-state index contributed by atoms with van der Waals surface area (Å²) in [6.45, 7) is 3.40. The van der Waals surface area contributed by atoms with Gasteiger partial charge < -0.3 is 5.32 Å². The molecule has 0 unspecified atom stereocenters. The van der Waals surface area contributed by atoms with Crippen LogP contribution in [0.5, 0.6) is 0 Å². The van der Waals surface area contributed by atoms with Crippen molar-refractivity contribution in [3.8, 4) is 0 Å². The van der Waals surface area contributed by atoms with Gasteiger partial charge in [0.25, 0.3) is 0 Å². The number of fused-ring (bicyclic) bond motifs is 1. The van der Waals surface area contributed by atoms with Gasteiger partial charge in [0.15, 0.2) is 0 Å². The van der Waals surface area contributed by atoms with Crippen LogP contribution in [0.2, 0.25) is 0 Å². The second-order valence-electron chi connectivity index (χ2n) is 4.71. The van der Waals surface area contributed by atoms with Gasteiger partial charge in [-0.15, -0.1) is 0 Å². The molecule has 0 saturated heterocycles. The Balaban J connectivity index is 2.29. The normalized spacial score (nSPS) is 14.3. The van der Waals surface area contributed by atoms with E-state index in [1.165, 1.54) is 4.31 Å². The molecule has 0 bridgehead atoms. The zero-order chi connectivity index (χ0) is 13.9. The van der Waals surface area contributed by atoms with Gasteiger partial charge in [-0.3, -0.25) is 0 Å². The lowest BCUT2D eigenvalue weighted by molar-refractivity contribution is 0.459. The van der Waals surface area contributed by atoms with Crippen molar-refractivity contribution >= 4 is 21.8 Å². The molecule has 1 aliphatic heterocycles. The minimum absolute atomic E-state index is 0.359. The smallest absolute Gasteiger partial charge is 0.242 e. The van der Waals surface area contributed by atoms with Gasteiger partial charge in [0, 0.05) is 25.8 Å². The molecule has 0 aliphatic carbocycles. The molecule has 4 nitrogen and oxygen atoms in total. The van der Waals surface area contributed by atoms with E-state index in [9.17, 15) is 8.42 Å². The molecule has 0 amide bonds. The fourth-order valence-electron chi connectivity index (χ4n) is 2.04. The molecule has 1 aromatic carbocycles. The summed E-state index contributed by atoms with van der Waals surface area (Å²) in [6.07, 6.45) is 5.80. The Labute approximate surface area is 115 Å². The fraction of sp³-hybridized carbons (Fsp3) is 0.429. The van der Waals surface area contributed by atoms with Gasteiger partial charge in [-0.25, -0.2) is 12.7 Å². The van der Waals surface area contributed by atoms with Crippen LogP contribution < -0.4 is 5.32 Å². The Morgan fingerprint density at radius 1 is 1.37 bits per heavy atom. The van der Waals surface area contributed by atoms with Crippen LogP contribution in [0.4, 0.5) is 5.69 Å². The van der Waals surface area contributed by atoms with Crippen molar-refractivity contribution in [1.29, 1.82) is 0 Å². The first-order valence-corrected chi connectivity index (χ1v) is 8.00. The third-order valence-corrected chi connectivity index (χ3v) is 5.12. The highest BCUT2D eigenvalue weighted by atomic mass is 32.2. The Kier molecular flexibility index (Phi) is 4.27. The van der Waals surface area contributed by atoms with Gasteiger partial charge in [0.1, 0.15) is 0 Å². The van der Waals surface area contributed by atoms with Crippen molar-refractivity contribution in [2.24, 2.45) is 0 Å². The molecule has 1 heterocycles. The predicted molar refractivity (Wildman–Crippen MR) is 78.7 cm³/mol. The lowest BCUT2D eigenvalue weighted by Gasteiger charge is -2.19. The molecule has 0 fully saturated rings. The Bertz CT molecular complexity index is 579. The Morgan fingerprint density at radius 3 is 2.89 bits per heavy atom. The van der Waals surface area contributed by atoms with Gasteiger partial charge >= 0.3 is 0 Å². The molecule has 104 valence electrons. The lowest BCUT2D eigenvalue weighted by Crippen LogP contribution is -2.28. The molecule has 1 aromatic rings. The van der Waals surface area contributed by atoms with Crippen LogP contribution in [0, 0.1) is 0 Å². The van der Waals surface area contributed by atoms with Gasteiger partial charge in [0.05, 0.1) is 4.90 Å². The summed E-state index contributed by atoms with van der Waals surface area (Å²) in [4.78, 5) is 0.359. The van der Waals surface area contributed by atoms with Crippen molar-refractivity contribution in [2.75, 3.05) is 25.5 Å². The van der Waals surface area contributed by atoms with Crippen molar-refractivity contribution in [3.05, 3.63) is 29.8 Å². The molecule has 5 heteroatoms. The molecule has 0 atom stereocenters. The standard InChI is InChI=1S/C14H20N2O2S/c1-3-4-10-16(2)19(17,18)13-7-8-14-12(11-13)6-5-9-15-14/h5-8,11,15H,3-4,9-10H2,1-2H3. The number of hydrogen-bond acceptors (Lipinski definition) is 3. The summed E-state index contributed by atoms with van der Waals surface area (Å²) in [7, 11) is -1.74. The number of nitrogens with zero attached hydrogens (tertiary/aromatic N) is 1. The minimum Gasteiger partial charge on any atom is -0.381 e. The van der Waals surface area contributed by atoms with Crippen LogP contribution in [-0.4, -0.2) is 32.9 Å². The molecule has 0 spiro atoms. The zero-order valence-electron chi connectivity index (χ0n) is 11.4. The number of rotatable bonds is 5. The topological polar surface area (TPSA) is 49.4 Å². The lowest BCUT2D eigenvalue weighted by atomic mass is 10.1. The SMILES string of the molecule is CCCCN(C)S(=O)(=O)c1ccc2c(c1)C=CCN2. The van der Waals surface area contributed by atoms with E-state index in [-0.39, 0.29) is 0 Å². The van der Waals surface area contributed by atoms with E-state index in [0.29, 0.717) is 11.4 Å². The third kappa shape index (κ3) is 2.98. The largest absolute Gasteiger partial charge is 0.381 e. The molecular weight excluding hydrogens is 260 g/mol. The number of anilines is 1. The average Bonchev–Trinajstić information content (AvgIpc) is 2.44. The van der Waals surface area contributed by atoms with E-state index in [0.717, 1.165) is 30.6 Å². The maximum absolute atomic E-state index is 12.4. The van der Waals surface area contributed by atoms with Crippen molar-refractivity contribution in [2.45, 2.75) is 24.7 Å². The summed E-state index contributed by atoms with van der Waals surface area (Å²) in [6, 6.07) is 5.23. The zero-order valence-corrected chi connectivity index (χ0v) is 12.2. The molecule has 2 rings (SSSR count). The van der Waals surface area contributed by atoms with E-state index in [4.69, 9.17) is 0 Å². The highest BCUT2D eigenvalue weighted by Gasteiger charge is 2.21. The van der Waals surface area contributed by atoms with Crippen LogP contribution in [0.1, 0.15) is 25.3 Å². The Hall–Kier alpha value is -1.33. The molecule has 0 saturated carbocycles. The molecular formula is C14H20N2O2S. The van der Waals surface area contributed by atoms with Crippen LogP contribution >= 0.6 is 0 Å². The van der Waals surface area contributed by atoms with E-state index in [1.54, 1.807) is 19.2 Å². The van der Waals surface area contributed by atoms with Gasteiger partial charge in [0.2, 0.25) is 10.0 Å². The molecule has 1 aliphatic rings. The fourth-order valence-corrected chi connectivity index (χ4v) is 3.28. The molecule has 0 aromatic heterocycles. The van der Waals surface area contributed by atoms with E-state index < -0.39 is 10.0 Å². The summed E-state index contributed by atoms with van der Waals surface area (Å²) in [5.74, 6) is 0. The highest BCUT2D eigenvalue weighted by Crippen LogP contribution is 2.25. The monoisotopic (exact) mass is 280 g/mol. The maximum atomic E-state index is 12.4. The predicted octanol–water partition coefficient (Wildman–Crippen LogP) is 2.55. The van der Waals surface area contributed by atoms with Gasteiger partial charge in [-0.1, -0.05) is 25.5 Å². The third-order valence-electron chi connectivity index (χ3n) is 3.27. The van der Waals surface area contributed by atoms with Crippen LogP contribution in [0.3, 0.4) is 0 Å².